The summed E-state index contributed by atoms with van der Waals surface area (Å²) in [5.74, 6) is -0.385. The summed E-state index contributed by atoms with van der Waals surface area (Å²) in [5, 5.41) is 21.6. The number of nitrogens with two attached hydrogens (primary N) is 1. The van der Waals surface area contributed by atoms with Crippen LogP contribution >= 0.6 is 0 Å². The first-order valence-corrected chi connectivity index (χ1v) is 9.63. The summed E-state index contributed by atoms with van der Waals surface area (Å²) in [6.45, 7) is 0. The quantitative estimate of drug-likeness (QED) is 0.327. The number of amides is 1. The van der Waals surface area contributed by atoms with Gasteiger partial charge >= 0.3 is 0 Å². The van der Waals surface area contributed by atoms with Gasteiger partial charge in [-0.2, -0.15) is 9.78 Å². The van der Waals surface area contributed by atoms with Crippen LogP contribution in [0.5, 0.6) is 0 Å². The Morgan fingerprint density at radius 1 is 1.00 bits per heavy atom. The minimum absolute atomic E-state index is 0.0213. The number of nitrogens with zero attached hydrogens (tertiary/aromatic N) is 6. The SMILES string of the molecule is Nc1nonc1-n1nnc(C(=O)NN=Cc2cccc3ccccc23)c1-c1ccccc1. The predicted molar refractivity (Wildman–Crippen MR) is 118 cm³/mol. The van der Waals surface area contributed by atoms with Crippen LogP contribution in [0.15, 0.2) is 82.5 Å². The number of nitrogens with one attached hydrogen (secondary N) is 1. The highest BCUT2D eigenvalue weighted by molar-refractivity contribution is 6.01. The molecule has 32 heavy (non-hydrogen) atoms. The molecule has 1 amide bonds. The zero-order chi connectivity index (χ0) is 21.9. The number of rotatable bonds is 5. The van der Waals surface area contributed by atoms with E-state index in [1.807, 2.05) is 72.8 Å². The average molecular weight is 424 g/mol. The van der Waals surface area contributed by atoms with Gasteiger partial charge in [-0.3, -0.25) is 4.79 Å². The lowest BCUT2D eigenvalue weighted by Gasteiger charge is -2.05. The molecule has 0 spiro atoms. The first kappa shape index (κ1) is 19.1. The van der Waals surface area contributed by atoms with Gasteiger partial charge in [0.15, 0.2) is 5.69 Å². The molecule has 0 fully saturated rings. The highest BCUT2D eigenvalue weighted by Crippen LogP contribution is 2.26. The van der Waals surface area contributed by atoms with E-state index in [-0.39, 0.29) is 17.3 Å². The third-order valence-corrected chi connectivity index (χ3v) is 4.82. The van der Waals surface area contributed by atoms with E-state index in [9.17, 15) is 4.79 Å². The van der Waals surface area contributed by atoms with Gasteiger partial charge in [0.1, 0.15) is 5.69 Å². The molecule has 2 aromatic heterocycles. The summed E-state index contributed by atoms with van der Waals surface area (Å²) < 4.78 is 5.98. The highest BCUT2D eigenvalue weighted by Gasteiger charge is 2.24. The van der Waals surface area contributed by atoms with Crippen molar-refractivity contribution in [2.24, 2.45) is 5.10 Å². The van der Waals surface area contributed by atoms with E-state index >= 15 is 0 Å². The minimum atomic E-state index is -0.540. The fourth-order valence-electron chi connectivity index (χ4n) is 3.35. The van der Waals surface area contributed by atoms with Crippen LogP contribution in [-0.2, 0) is 0 Å². The van der Waals surface area contributed by atoms with Crippen LogP contribution in [0.1, 0.15) is 16.1 Å². The lowest BCUT2D eigenvalue weighted by Crippen LogP contribution is -2.19. The van der Waals surface area contributed by atoms with Crippen molar-refractivity contribution in [3.05, 3.63) is 84.1 Å². The molecular weight excluding hydrogens is 408 g/mol. The second kappa shape index (κ2) is 8.11. The number of hydrazone groups is 1. The third-order valence-electron chi connectivity index (χ3n) is 4.82. The maximum Gasteiger partial charge on any atom is 0.294 e. The normalized spacial score (nSPS) is 11.2. The first-order valence-electron chi connectivity index (χ1n) is 9.63. The molecule has 5 rings (SSSR count). The van der Waals surface area contributed by atoms with E-state index < -0.39 is 5.91 Å². The number of hydrogen-bond donors (Lipinski definition) is 2. The topological polar surface area (TPSA) is 137 Å². The average Bonchev–Trinajstić information content (AvgIpc) is 3.45. The summed E-state index contributed by atoms with van der Waals surface area (Å²) in [5.41, 5.74) is 10.3. The molecule has 0 aliphatic carbocycles. The number of carbonyl (C=O) groups excluding carboxylic acids is 1. The summed E-state index contributed by atoms with van der Waals surface area (Å²) >= 11 is 0. The molecule has 2 heterocycles. The molecule has 3 aromatic carbocycles. The van der Waals surface area contributed by atoms with Crippen molar-refractivity contribution in [1.82, 2.24) is 30.7 Å². The Labute approximate surface area is 181 Å². The fraction of sp³-hybridized carbons (Fsp3) is 0. The highest BCUT2D eigenvalue weighted by atomic mass is 16.6. The van der Waals surface area contributed by atoms with Crippen molar-refractivity contribution in [2.75, 3.05) is 5.73 Å². The van der Waals surface area contributed by atoms with Crippen LogP contribution < -0.4 is 11.2 Å². The van der Waals surface area contributed by atoms with Crippen molar-refractivity contribution in [3.63, 3.8) is 0 Å². The molecule has 156 valence electrons. The van der Waals surface area contributed by atoms with Gasteiger partial charge in [0.25, 0.3) is 5.91 Å². The van der Waals surface area contributed by atoms with Crippen LogP contribution in [0.3, 0.4) is 0 Å². The second-order valence-electron chi connectivity index (χ2n) is 6.81. The molecule has 0 bridgehead atoms. The molecule has 10 heteroatoms. The first-order chi connectivity index (χ1) is 15.7. The van der Waals surface area contributed by atoms with Gasteiger partial charge in [0.05, 0.1) is 6.21 Å². The van der Waals surface area contributed by atoms with E-state index in [2.05, 4.69) is 35.8 Å². The molecule has 0 unspecified atom stereocenters. The van der Waals surface area contributed by atoms with Crippen LogP contribution in [0, 0.1) is 0 Å². The second-order valence-corrected chi connectivity index (χ2v) is 6.81. The minimum Gasteiger partial charge on any atom is -0.378 e. The third kappa shape index (κ3) is 3.45. The van der Waals surface area contributed by atoms with E-state index in [1.54, 1.807) is 6.21 Å². The van der Waals surface area contributed by atoms with Crippen LogP contribution in [0.4, 0.5) is 5.82 Å². The summed E-state index contributed by atoms with van der Waals surface area (Å²) in [7, 11) is 0. The molecular formula is C22H16N8O2. The molecule has 0 radical (unpaired) electrons. The Balaban J connectivity index is 1.48. The van der Waals surface area contributed by atoms with Gasteiger partial charge in [0.2, 0.25) is 11.6 Å². The number of hydrogen-bond acceptors (Lipinski definition) is 8. The number of fused-ring (bicyclic) bond motifs is 1. The largest absolute Gasteiger partial charge is 0.378 e. The number of anilines is 1. The molecule has 5 aromatic rings. The molecule has 0 aliphatic rings. The Morgan fingerprint density at radius 3 is 2.59 bits per heavy atom. The van der Waals surface area contributed by atoms with Crippen molar-refractivity contribution in [2.45, 2.75) is 0 Å². The molecule has 0 saturated heterocycles. The Bertz CT molecular complexity index is 1430. The standard InChI is InChI=1S/C22H16N8O2/c23-20-21(28-32-27-20)30-19(15-8-2-1-3-9-15)18(25-29-30)22(31)26-24-13-16-11-6-10-14-7-4-5-12-17(14)16/h1-13H,(H2,23,27)(H,26,31). The van der Waals surface area contributed by atoms with E-state index in [0.29, 0.717) is 11.3 Å². The number of nitrogen functional groups attached to an aromatic ring is 1. The fourth-order valence-corrected chi connectivity index (χ4v) is 3.35. The zero-order valence-electron chi connectivity index (χ0n) is 16.6. The maximum atomic E-state index is 12.9. The number of aromatic nitrogens is 5. The lowest BCUT2D eigenvalue weighted by atomic mass is 10.1. The number of benzene rings is 3. The van der Waals surface area contributed by atoms with E-state index in [1.165, 1.54) is 4.68 Å². The summed E-state index contributed by atoms with van der Waals surface area (Å²) in [4.78, 5) is 12.9. The van der Waals surface area contributed by atoms with Crippen molar-refractivity contribution in [3.8, 4) is 17.1 Å². The van der Waals surface area contributed by atoms with Gasteiger partial charge in [0, 0.05) is 11.1 Å². The molecule has 0 atom stereocenters. The Kier molecular flexibility index (Phi) is 4.85. The predicted octanol–water partition coefficient (Wildman–Crippen LogP) is 2.82. The lowest BCUT2D eigenvalue weighted by molar-refractivity contribution is 0.0950. The molecule has 3 N–H and O–H groups in total. The van der Waals surface area contributed by atoms with Crippen molar-refractivity contribution >= 4 is 28.7 Å². The van der Waals surface area contributed by atoms with Crippen LogP contribution in [-0.4, -0.2) is 37.4 Å². The maximum absolute atomic E-state index is 12.9. The van der Waals surface area contributed by atoms with Crippen LogP contribution in [0.2, 0.25) is 0 Å². The molecule has 0 saturated carbocycles. The van der Waals surface area contributed by atoms with Gasteiger partial charge < -0.3 is 5.73 Å². The number of carbonyl (C=O) groups is 1. The van der Waals surface area contributed by atoms with E-state index in [4.69, 9.17) is 5.73 Å². The van der Waals surface area contributed by atoms with Gasteiger partial charge in [-0.1, -0.05) is 78.0 Å². The Morgan fingerprint density at radius 2 is 1.78 bits per heavy atom. The smallest absolute Gasteiger partial charge is 0.294 e. The van der Waals surface area contributed by atoms with Gasteiger partial charge in [-0.05, 0) is 21.1 Å². The molecule has 0 aliphatic heterocycles. The van der Waals surface area contributed by atoms with E-state index in [0.717, 1.165) is 16.3 Å². The van der Waals surface area contributed by atoms with Crippen molar-refractivity contribution < 1.29 is 9.42 Å². The monoisotopic (exact) mass is 424 g/mol. The van der Waals surface area contributed by atoms with Gasteiger partial charge in [-0.25, -0.2) is 10.1 Å². The summed E-state index contributed by atoms with van der Waals surface area (Å²) in [6.07, 6.45) is 1.59. The van der Waals surface area contributed by atoms with Crippen LogP contribution in [0.25, 0.3) is 27.8 Å². The summed E-state index contributed by atoms with van der Waals surface area (Å²) in [6, 6.07) is 22.9. The van der Waals surface area contributed by atoms with Gasteiger partial charge in [-0.15, -0.1) is 5.10 Å². The molecule has 10 nitrogen and oxygen atoms in total. The Hall–Kier alpha value is -4.86. The zero-order valence-corrected chi connectivity index (χ0v) is 16.6. The van der Waals surface area contributed by atoms with Crippen molar-refractivity contribution in [1.29, 1.82) is 0 Å².